The van der Waals surface area contributed by atoms with E-state index in [2.05, 4.69) is 5.32 Å². The van der Waals surface area contributed by atoms with Crippen molar-refractivity contribution in [2.45, 2.75) is 33.4 Å². The summed E-state index contributed by atoms with van der Waals surface area (Å²) in [5.74, 6) is -0.886. The maximum Gasteiger partial charge on any atom is 0.335 e. The minimum atomic E-state index is -0.945. The maximum atomic E-state index is 12.1. The highest BCUT2D eigenvalue weighted by molar-refractivity contribution is 5.87. The van der Waals surface area contributed by atoms with E-state index in [1.807, 2.05) is 26.8 Å². The summed E-state index contributed by atoms with van der Waals surface area (Å²) in [6.45, 7) is 7.57. The Hall–Kier alpha value is -1.88. The normalized spacial score (nSPS) is 11.9. The number of carboxylic acid groups (broad SMARTS) is 1. The van der Waals surface area contributed by atoms with Crippen molar-refractivity contribution in [2.24, 2.45) is 0 Å². The number of hydrogen-bond acceptors (Lipinski definition) is 3. The fraction of sp³-hybridized carbons (Fsp3) is 0.467. The predicted molar refractivity (Wildman–Crippen MR) is 77.6 cm³/mol. The molecule has 0 aliphatic carbocycles. The highest BCUT2D eigenvalue weighted by Crippen LogP contribution is 2.06. The molecule has 2 N–H and O–H groups in total. The van der Waals surface area contributed by atoms with Crippen LogP contribution in [-0.4, -0.2) is 41.0 Å². The molecule has 1 aromatic rings. The Morgan fingerprint density at radius 3 is 2.50 bits per heavy atom. The predicted octanol–water partition coefficient (Wildman–Crippen LogP) is 1.73. The van der Waals surface area contributed by atoms with Gasteiger partial charge in [-0.05, 0) is 38.5 Å². The van der Waals surface area contributed by atoms with Gasteiger partial charge in [0.2, 0.25) is 5.91 Å². The van der Waals surface area contributed by atoms with Crippen LogP contribution in [0.25, 0.3) is 0 Å². The van der Waals surface area contributed by atoms with Gasteiger partial charge in [-0.2, -0.15) is 0 Å². The molecular weight excluding hydrogens is 256 g/mol. The molecule has 1 aromatic carbocycles. The second kappa shape index (κ2) is 7.65. The van der Waals surface area contributed by atoms with Gasteiger partial charge in [-0.15, -0.1) is 0 Å². The molecule has 0 radical (unpaired) electrons. The van der Waals surface area contributed by atoms with Gasteiger partial charge >= 0.3 is 5.97 Å². The molecule has 5 heteroatoms. The van der Waals surface area contributed by atoms with Crippen LogP contribution in [0, 0.1) is 0 Å². The van der Waals surface area contributed by atoms with Crippen LogP contribution in [0.3, 0.4) is 0 Å². The fourth-order valence-electron chi connectivity index (χ4n) is 1.98. The molecule has 0 bridgehead atoms. The number of hydrogen-bond donors (Lipinski definition) is 2. The van der Waals surface area contributed by atoms with Crippen LogP contribution in [0.1, 0.15) is 36.7 Å². The lowest BCUT2D eigenvalue weighted by Gasteiger charge is -2.23. The molecule has 0 spiro atoms. The van der Waals surface area contributed by atoms with E-state index in [9.17, 15) is 9.59 Å². The number of carbonyl (C=O) groups is 2. The zero-order valence-corrected chi connectivity index (χ0v) is 12.2. The monoisotopic (exact) mass is 278 g/mol. The van der Waals surface area contributed by atoms with E-state index in [1.54, 1.807) is 23.1 Å². The number of aromatic carboxylic acids is 1. The summed E-state index contributed by atoms with van der Waals surface area (Å²) in [6.07, 6.45) is 0. The van der Waals surface area contributed by atoms with E-state index in [0.29, 0.717) is 19.6 Å². The average Bonchev–Trinajstić information content (AvgIpc) is 2.46. The fourth-order valence-corrected chi connectivity index (χ4v) is 1.98. The van der Waals surface area contributed by atoms with E-state index in [-0.39, 0.29) is 17.5 Å². The van der Waals surface area contributed by atoms with Crippen LogP contribution in [0.5, 0.6) is 0 Å². The Balaban J connectivity index is 2.60. The minimum Gasteiger partial charge on any atom is -0.478 e. The lowest BCUT2D eigenvalue weighted by molar-refractivity contribution is -0.132. The van der Waals surface area contributed by atoms with Gasteiger partial charge in [0, 0.05) is 19.6 Å². The lowest BCUT2D eigenvalue weighted by atomic mass is 10.1. The zero-order chi connectivity index (χ0) is 15.1. The van der Waals surface area contributed by atoms with Crippen molar-refractivity contribution in [1.82, 2.24) is 10.2 Å². The molecule has 1 amide bonds. The molecule has 0 saturated carbocycles. The van der Waals surface area contributed by atoms with Crippen LogP contribution in [-0.2, 0) is 11.3 Å². The summed E-state index contributed by atoms with van der Waals surface area (Å²) < 4.78 is 0. The van der Waals surface area contributed by atoms with Crippen molar-refractivity contribution in [3.05, 3.63) is 35.4 Å². The van der Waals surface area contributed by atoms with Gasteiger partial charge in [-0.25, -0.2) is 4.79 Å². The lowest BCUT2D eigenvalue weighted by Crippen LogP contribution is -2.44. The minimum absolute atomic E-state index is 0.0596. The highest BCUT2D eigenvalue weighted by Gasteiger charge is 2.17. The van der Waals surface area contributed by atoms with Crippen molar-refractivity contribution in [1.29, 1.82) is 0 Å². The number of nitrogens with zero attached hydrogens (tertiary/aromatic N) is 1. The largest absolute Gasteiger partial charge is 0.478 e. The summed E-state index contributed by atoms with van der Waals surface area (Å²) in [5.41, 5.74) is 1.11. The molecule has 1 atom stereocenters. The second-order valence-corrected chi connectivity index (χ2v) is 4.62. The van der Waals surface area contributed by atoms with Crippen LogP contribution in [0.2, 0.25) is 0 Å². The van der Waals surface area contributed by atoms with Gasteiger partial charge in [0.15, 0.2) is 0 Å². The zero-order valence-electron chi connectivity index (χ0n) is 12.2. The number of carbonyl (C=O) groups excluding carboxylic acids is 1. The van der Waals surface area contributed by atoms with Crippen LogP contribution in [0.15, 0.2) is 24.3 Å². The molecule has 0 heterocycles. The molecule has 5 nitrogen and oxygen atoms in total. The van der Waals surface area contributed by atoms with Crippen molar-refractivity contribution in [3.63, 3.8) is 0 Å². The van der Waals surface area contributed by atoms with E-state index in [4.69, 9.17) is 5.11 Å². The van der Waals surface area contributed by atoms with Crippen molar-refractivity contribution >= 4 is 11.9 Å². The van der Waals surface area contributed by atoms with Crippen LogP contribution < -0.4 is 5.32 Å². The Labute approximate surface area is 119 Å². The molecule has 1 unspecified atom stereocenters. The van der Waals surface area contributed by atoms with E-state index in [1.165, 1.54) is 0 Å². The van der Waals surface area contributed by atoms with Crippen molar-refractivity contribution in [2.75, 3.05) is 13.1 Å². The van der Waals surface area contributed by atoms with E-state index < -0.39 is 5.97 Å². The van der Waals surface area contributed by atoms with Gasteiger partial charge in [0.1, 0.15) is 0 Å². The van der Waals surface area contributed by atoms with E-state index in [0.717, 1.165) is 5.56 Å². The summed E-state index contributed by atoms with van der Waals surface area (Å²) in [6, 6.07) is 6.43. The molecule has 0 saturated heterocycles. The maximum absolute atomic E-state index is 12.1. The molecular formula is C15H22N2O3. The molecule has 0 aliphatic heterocycles. The SMILES string of the molecule is CCN(CC)C(=O)C(C)NCc1cccc(C(=O)O)c1. The second-order valence-electron chi connectivity index (χ2n) is 4.62. The van der Waals surface area contributed by atoms with Crippen LogP contribution >= 0.6 is 0 Å². The Morgan fingerprint density at radius 2 is 1.95 bits per heavy atom. The van der Waals surface area contributed by atoms with Gasteiger partial charge in [-0.1, -0.05) is 12.1 Å². The Kier molecular flexibility index (Phi) is 6.18. The number of benzene rings is 1. The number of likely N-dealkylation sites (N-methyl/N-ethyl adjacent to an activating group) is 1. The first-order chi connectivity index (χ1) is 9.49. The van der Waals surface area contributed by atoms with E-state index >= 15 is 0 Å². The van der Waals surface area contributed by atoms with Gasteiger partial charge in [0.25, 0.3) is 0 Å². The molecule has 20 heavy (non-hydrogen) atoms. The third kappa shape index (κ3) is 4.35. The molecule has 1 rings (SSSR count). The quantitative estimate of drug-likeness (QED) is 0.797. The molecule has 0 aliphatic rings. The first-order valence-corrected chi connectivity index (χ1v) is 6.84. The van der Waals surface area contributed by atoms with Crippen molar-refractivity contribution in [3.8, 4) is 0 Å². The first kappa shape index (κ1) is 16.2. The van der Waals surface area contributed by atoms with Gasteiger partial charge < -0.3 is 15.3 Å². The number of carboxylic acids is 1. The Bertz CT molecular complexity index is 470. The van der Waals surface area contributed by atoms with Crippen LogP contribution in [0.4, 0.5) is 0 Å². The van der Waals surface area contributed by atoms with Gasteiger partial charge in [-0.3, -0.25) is 4.79 Å². The molecule has 0 fully saturated rings. The third-order valence-corrected chi connectivity index (χ3v) is 3.23. The number of amides is 1. The first-order valence-electron chi connectivity index (χ1n) is 6.84. The number of nitrogens with one attached hydrogen (secondary N) is 1. The third-order valence-electron chi connectivity index (χ3n) is 3.23. The average molecular weight is 278 g/mol. The van der Waals surface area contributed by atoms with Crippen molar-refractivity contribution < 1.29 is 14.7 Å². The highest BCUT2D eigenvalue weighted by atomic mass is 16.4. The summed E-state index contributed by atoms with van der Waals surface area (Å²) in [7, 11) is 0. The summed E-state index contributed by atoms with van der Waals surface area (Å²) >= 11 is 0. The molecule has 0 aromatic heterocycles. The standard InChI is InChI=1S/C15H22N2O3/c1-4-17(5-2)14(18)11(3)16-10-12-7-6-8-13(9-12)15(19)20/h6-9,11,16H,4-5,10H2,1-3H3,(H,19,20). The van der Waals surface area contributed by atoms with Gasteiger partial charge in [0.05, 0.1) is 11.6 Å². The molecule has 110 valence electrons. The topological polar surface area (TPSA) is 69.6 Å². The summed E-state index contributed by atoms with van der Waals surface area (Å²) in [4.78, 5) is 24.7. The smallest absolute Gasteiger partial charge is 0.335 e. The summed E-state index contributed by atoms with van der Waals surface area (Å²) in [5, 5.41) is 12.1. The number of rotatable bonds is 7. The Morgan fingerprint density at radius 1 is 1.30 bits per heavy atom.